The molecule has 3 heterocycles. The molecule has 0 N–H and O–H groups in total. The molecule has 12 rings (SSSR count). The van der Waals surface area contributed by atoms with Gasteiger partial charge in [-0.3, -0.25) is 0 Å². The van der Waals surface area contributed by atoms with Crippen molar-refractivity contribution in [2.45, 2.75) is 0 Å². The van der Waals surface area contributed by atoms with Crippen LogP contribution in [-0.4, -0.2) is 19.9 Å². The summed E-state index contributed by atoms with van der Waals surface area (Å²) in [6.07, 6.45) is 0. The van der Waals surface area contributed by atoms with Gasteiger partial charge in [-0.25, -0.2) is 19.9 Å². The SMILES string of the molecule is c1ccc(-c2nc3c(-c4ccc(-c5nc(-c6ccc7ccccc7c6)nc(-c6ccc7ccccc7c6)n5)cc4)cccc3c3c2ccc2sc4ccccc4c23)cc1. The average Bonchev–Trinajstić information content (AvgIpc) is 3.70. The van der Waals surface area contributed by atoms with E-state index in [0.29, 0.717) is 17.5 Å². The summed E-state index contributed by atoms with van der Waals surface area (Å²) in [6, 6.07) is 68.6. The maximum absolute atomic E-state index is 5.51. The van der Waals surface area contributed by atoms with Gasteiger partial charge >= 0.3 is 0 Å². The third-order valence-electron chi connectivity index (χ3n) is 11.5. The van der Waals surface area contributed by atoms with Gasteiger partial charge in [-0.1, -0.05) is 170 Å². The highest BCUT2D eigenvalue weighted by Gasteiger charge is 2.19. The average molecular weight is 769 g/mol. The van der Waals surface area contributed by atoms with Crippen molar-refractivity contribution in [3.63, 3.8) is 0 Å². The van der Waals surface area contributed by atoms with Crippen LogP contribution < -0.4 is 0 Å². The molecule has 0 saturated heterocycles. The van der Waals surface area contributed by atoms with Gasteiger partial charge in [0.25, 0.3) is 0 Å². The zero-order valence-corrected chi connectivity index (χ0v) is 32.5. The minimum absolute atomic E-state index is 0.623. The summed E-state index contributed by atoms with van der Waals surface area (Å²) in [5, 5.41) is 10.8. The van der Waals surface area contributed by atoms with E-state index in [-0.39, 0.29) is 0 Å². The quantitative estimate of drug-likeness (QED) is 0.164. The molecule has 0 aliphatic rings. The molecule has 0 bridgehead atoms. The van der Waals surface area contributed by atoms with Crippen molar-refractivity contribution in [2.24, 2.45) is 0 Å². The molecule has 59 heavy (non-hydrogen) atoms. The fourth-order valence-electron chi connectivity index (χ4n) is 8.60. The zero-order valence-electron chi connectivity index (χ0n) is 31.7. The van der Waals surface area contributed by atoms with E-state index >= 15 is 0 Å². The number of para-hydroxylation sites is 1. The van der Waals surface area contributed by atoms with Crippen LogP contribution in [0.5, 0.6) is 0 Å². The van der Waals surface area contributed by atoms with E-state index in [9.17, 15) is 0 Å². The van der Waals surface area contributed by atoms with Crippen molar-refractivity contribution in [3.05, 3.63) is 194 Å². The van der Waals surface area contributed by atoms with Crippen LogP contribution in [0, 0.1) is 0 Å². The molecular weight excluding hydrogens is 737 g/mol. The highest BCUT2D eigenvalue weighted by Crippen LogP contribution is 2.45. The fraction of sp³-hybridized carbons (Fsp3) is 0. The fourth-order valence-corrected chi connectivity index (χ4v) is 9.71. The Morgan fingerprint density at radius 1 is 0.305 bits per heavy atom. The lowest BCUT2D eigenvalue weighted by atomic mass is 9.93. The van der Waals surface area contributed by atoms with E-state index in [4.69, 9.17) is 19.9 Å². The normalized spacial score (nSPS) is 11.7. The Morgan fingerprint density at radius 3 is 1.56 bits per heavy atom. The van der Waals surface area contributed by atoms with E-state index in [1.165, 1.54) is 36.3 Å². The molecule has 274 valence electrons. The second kappa shape index (κ2) is 13.5. The second-order valence-electron chi connectivity index (χ2n) is 15.0. The highest BCUT2D eigenvalue weighted by atomic mass is 32.1. The summed E-state index contributed by atoms with van der Waals surface area (Å²) in [5.41, 5.74) is 8.02. The van der Waals surface area contributed by atoms with E-state index in [1.54, 1.807) is 0 Å². The summed E-state index contributed by atoms with van der Waals surface area (Å²) in [5.74, 6) is 1.90. The van der Waals surface area contributed by atoms with Crippen molar-refractivity contribution in [1.29, 1.82) is 0 Å². The first-order chi connectivity index (χ1) is 29.2. The summed E-state index contributed by atoms with van der Waals surface area (Å²) >= 11 is 1.85. The Labute approximate surface area is 343 Å². The van der Waals surface area contributed by atoms with Crippen LogP contribution in [0.1, 0.15) is 0 Å². The third kappa shape index (κ3) is 5.66. The lowest BCUT2D eigenvalue weighted by Crippen LogP contribution is -2.00. The summed E-state index contributed by atoms with van der Waals surface area (Å²) in [6.45, 7) is 0. The largest absolute Gasteiger partial charge is 0.246 e. The summed E-state index contributed by atoms with van der Waals surface area (Å²) < 4.78 is 2.57. The molecule has 9 aromatic carbocycles. The van der Waals surface area contributed by atoms with Gasteiger partial charge in [0.05, 0.1) is 11.2 Å². The minimum Gasteiger partial charge on any atom is -0.246 e. The predicted molar refractivity (Wildman–Crippen MR) is 248 cm³/mol. The second-order valence-corrected chi connectivity index (χ2v) is 16.1. The first kappa shape index (κ1) is 33.5. The molecule has 0 unspecified atom stereocenters. The topological polar surface area (TPSA) is 51.6 Å². The van der Waals surface area contributed by atoms with Gasteiger partial charge in [0.15, 0.2) is 17.5 Å². The Kier molecular flexibility index (Phi) is 7.68. The first-order valence-electron chi connectivity index (χ1n) is 19.8. The van der Waals surface area contributed by atoms with Crippen molar-refractivity contribution >= 4 is 74.7 Å². The number of hydrogen-bond acceptors (Lipinski definition) is 5. The van der Waals surface area contributed by atoms with Crippen LogP contribution in [0.2, 0.25) is 0 Å². The Hall–Kier alpha value is -7.60. The number of fused-ring (bicyclic) bond motifs is 9. The highest BCUT2D eigenvalue weighted by molar-refractivity contribution is 7.26. The van der Waals surface area contributed by atoms with Crippen molar-refractivity contribution in [2.75, 3.05) is 0 Å². The van der Waals surface area contributed by atoms with E-state index in [2.05, 4.69) is 194 Å². The standard InChI is InChI=1S/C54H32N4S/c1-2-13-36(14-3-1)50-45-29-30-47-49(43-17-8-9-20-46(43)59-47)48(45)44-19-10-18-42(51(44)55-50)35-23-25-37(26-24-35)52-56-53(40-27-21-33-11-4-6-15-38(33)31-40)58-54(57-52)41-28-22-34-12-5-7-16-39(34)32-41/h1-32H. The molecule has 3 aromatic heterocycles. The molecule has 0 saturated carbocycles. The number of nitrogens with zero attached hydrogens (tertiary/aromatic N) is 4. The maximum atomic E-state index is 5.51. The maximum Gasteiger partial charge on any atom is 0.164 e. The monoisotopic (exact) mass is 768 g/mol. The zero-order chi connectivity index (χ0) is 38.9. The van der Waals surface area contributed by atoms with Gasteiger partial charge in [-0.15, -0.1) is 11.3 Å². The van der Waals surface area contributed by atoms with Gasteiger partial charge in [0.2, 0.25) is 0 Å². The number of benzene rings is 9. The molecule has 0 amide bonds. The number of hydrogen-bond donors (Lipinski definition) is 0. The lowest BCUT2D eigenvalue weighted by Gasteiger charge is -2.15. The van der Waals surface area contributed by atoms with Crippen LogP contribution in [-0.2, 0) is 0 Å². The minimum atomic E-state index is 0.623. The molecule has 12 aromatic rings. The van der Waals surface area contributed by atoms with Gasteiger partial charge < -0.3 is 0 Å². The lowest BCUT2D eigenvalue weighted by molar-refractivity contribution is 1.08. The third-order valence-corrected chi connectivity index (χ3v) is 12.6. The molecule has 0 fully saturated rings. The summed E-state index contributed by atoms with van der Waals surface area (Å²) in [7, 11) is 0. The van der Waals surface area contributed by atoms with Gasteiger partial charge in [0, 0.05) is 64.1 Å². The molecule has 4 nitrogen and oxygen atoms in total. The molecule has 5 heteroatoms. The van der Waals surface area contributed by atoms with Crippen LogP contribution >= 0.6 is 11.3 Å². The van der Waals surface area contributed by atoms with Crippen LogP contribution in [0.4, 0.5) is 0 Å². The molecular formula is C54H32N4S. The number of aromatic nitrogens is 4. The molecule has 0 spiro atoms. The molecule has 0 aliphatic carbocycles. The summed E-state index contributed by atoms with van der Waals surface area (Å²) in [4.78, 5) is 20.8. The predicted octanol–water partition coefficient (Wildman–Crippen LogP) is 14.6. The van der Waals surface area contributed by atoms with Crippen LogP contribution in [0.25, 0.3) is 120 Å². The van der Waals surface area contributed by atoms with Crippen molar-refractivity contribution in [1.82, 2.24) is 19.9 Å². The van der Waals surface area contributed by atoms with Gasteiger partial charge in [0.1, 0.15) is 0 Å². The molecule has 0 aliphatic heterocycles. The van der Waals surface area contributed by atoms with Gasteiger partial charge in [-0.2, -0.15) is 0 Å². The van der Waals surface area contributed by atoms with E-state index in [0.717, 1.165) is 66.1 Å². The Balaban J connectivity index is 1.03. The molecule has 0 atom stereocenters. The van der Waals surface area contributed by atoms with Crippen LogP contribution in [0.3, 0.4) is 0 Å². The first-order valence-corrected chi connectivity index (χ1v) is 20.6. The Morgan fingerprint density at radius 2 is 0.864 bits per heavy atom. The smallest absolute Gasteiger partial charge is 0.164 e. The number of thiophene rings is 1. The van der Waals surface area contributed by atoms with Gasteiger partial charge in [-0.05, 0) is 51.4 Å². The van der Waals surface area contributed by atoms with Crippen LogP contribution in [0.15, 0.2) is 194 Å². The van der Waals surface area contributed by atoms with Crippen molar-refractivity contribution < 1.29 is 0 Å². The van der Waals surface area contributed by atoms with E-state index in [1.807, 2.05) is 11.3 Å². The van der Waals surface area contributed by atoms with E-state index < -0.39 is 0 Å². The number of rotatable bonds is 5. The number of pyridine rings is 1. The Bertz CT molecular complexity index is 3510. The van der Waals surface area contributed by atoms with Crippen molar-refractivity contribution in [3.8, 4) is 56.5 Å². The molecule has 0 radical (unpaired) electrons.